The zero-order valence-corrected chi connectivity index (χ0v) is 13.1. The van der Waals surface area contributed by atoms with Crippen molar-refractivity contribution < 1.29 is 29.4 Å². The van der Waals surface area contributed by atoms with Gasteiger partial charge in [-0.1, -0.05) is 19.7 Å². The van der Waals surface area contributed by atoms with Crippen LogP contribution in [-0.2, 0) is 19.2 Å². The summed E-state index contributed by atoms with van der Waals surface area (Å²) in [7, 11) is 1.41. The smallest absolute Gasteiger partial charge is 0.318 e. The lowest BCUT2D eigenvalue weighted by atomic mass is 9.77. The Labute approximate surface area is 129 Å². The van der Waals surface area contributed by atoms with Crippen LogP contribution in [0.15, 0.2) is 0 Å². The van der Waals surface area contributed by atoms with E-state index in [4.69, 9.17) is 10.2 Å². The van der Waals surface area contributed by atoms with Gasteiger partial charge in [-0.2, -0.15) is 0 Å². The average molecular weight is 313 g/mol. The minimum atomic E-state index is -1.99. The van der Waals surface area contributed by atoms with Gasteiger partial charge in [-0.15, -0.1) is 0 Å². The molecule has 0 aliphatic rings. The fourth-order valence-corrected chi connectivity index (χ4v) is 1.75. The van der Waals surface area contributed by atoms with Gasteiger partial charge in [0, 0.05) is 12.5 Å². The summed E-state index contributed by atoms with van der Waals surface area (Å²) >= 11 is 0. The zero-order chi connectivity index (χ0) is 17.4. The highest BCUT2D eigenvalue weighted by Crippen LogP contribution is 2.18. The number of rotatable bonds is 9. The zero-order valence-electron chi connectivity index (χ0n) is 13.1. The van der Waals surface area contributed by atoms with Crippen molar-refractivity contribution in [3.8, 4) is 0 Å². The van der Waals surface area contributed by atoms with E-state index in [1.54, 1.807) is 27.7 Å². The molecule has 1 radical (unpaired) electrons. The van der Waals surface area contributed by atoms with Crippen LogP contribution in [0, 0.1) is 11.8 Å². The van der Waals surface area contributed by atoms with Gasteiger partial charge in [-0.25, -0.2) is 0 Å². The molecule has 0 aliphatic heterocycles. The van der Waals surface area contributed by atoms with Crippen LogP contribution in [0.1, 0.15) is 34.1 Å². The predicted molar refractivity (Wildman–Crippen MR) is 79.1 cm³/mol. The Morgan fingerprint density at radius 3 is 1.86 bits per heavy atom. The van der Waals surface area contributed by atoms with Crippen LogP contribution in [0.3, 0.4) is 0 Å². The molecule has 0 saturated carbocycles. The summed E-state index contributed by atoms with van der Waals surface area (Å²) in [6, 6.07) is -0.202. The van der Waals surface area contributed by atoms with Gasteiger partial charge in [-0.05, 0) is 13.8 Å². The molecule has 1 unspecified atom stereocenters. The number of nitrogens with one attached hydrogen (secondary N) is 2. The molecule has 0 aliphatic carbocycles. The van der Waals surface area contributed by atoms with Crippen LogP contribution in [0.4, 0.5) is 0 Å². The van der Waals surface area contributed by atoms with Crippen LogP contribution in [-0.4, -0.2) is 47.4 Å². The number of carbonyl (C=O) groups is 4. The van der Waals surface area contributed by atoms with Crippen LogP contribution in [0.25, 0.3) is 0 Å². The Morgan fingerprint density at radius 2 is 1.50 bits per heavy atom. The first kappa shape index (κ1) is 19.9. The first-order valence-corrected chi connectivity index (χ1v) is 6.94. The van der Waals surface area contributed by atoms with Gasteiger partial charge in [0.25, 0.3) is 0 Å². The van der Waals surface area contributed by atoms with Crippen molar-refractivity contribution in [2.24, 2.45) is 11.8 Å². The van der Waals surface area contributed by atoms with Gasteiger partial charge in [0.1, 0.15) is 0 Å². The Hall–Kier alpha value is -2.06. The maximum atomic E-state index is 12.1. The number of carboxylic acid groups (broad SMARTS) is 2. The lowest BCUT2D eigenvalue weighted by Gasteiger charge is -2.21. The quantitative estimate of drug-likeness (QED) is 0.346. The highest BCUT2D eigenvalue weighted by atomic mass is 16.4. The second kappa shape index (κ2) is 9.06. The van der Waals surface area contributed by atoms with Crippen molar-refractivity contribution in [3.63, 3.8) is 0 Å². The molecule has 0 aromatic rings. The minimum absolute atomic E-state index is 0.0119. The molecule has 0 fully saturated rings. The molecule has 2 amide bonds. The Bertz CT molecular complexity index is 424. The Morgan fingerprint density at radius 1 is 1.00 bits per heavy atom. The lowest BCUT2D eigenvalue weighted by Crippen LogP contribution is -2.45. The molecular formula is C13H22BN2O6. The maximum absolute atomic E-state index is 12.1. The number of aliphatic carboxylic acids is 2. The third-order valence-electron chi connectivity index (χ3n) is 2.69. The summed E-state index contributed by atoms with van der Waals surface area (Å²) in [6.07, 6.45) is -0.515. The van der Waals surface area contributed by atoms with Gasteiger partial charge in [0.2, 0.25) is 19.2 Å². The second-order valence-corrected chi connectivity index (χ2v) is 5.61. The number of carbonyl (C=O) groups excluding carboxylic acids is 2. The molecule has 0 bridgehead atoms. The molecule has 0 heterocycles. The molecule has 8 nitrogen and oxygen atoms in total. The van der Waals surface area contributed by atoms with E-state index in [2.05, 4.69) is 10.5 Å². The van der Waals surface area contributed by atoms with Gasteiger partial charge < -0.3 is 20.8 Å². The molecule has 123 valence electrons. The summed E-state index contributed by atoms with van der Waals surface area (Å²) in [5, 5.41) is 22.9. The monoisotopic (exact) mass is 313 g/mol. The summed E-state index contributed by atoms with van der Waals surface area (Å²) in [5.74, 6) is -8.19. The van der Waals surface area contributed by atoms with E-state index in [1.165, 1.54) is 7.41 Å². The van der Waals surface area contributed by atoms with Crippen molar-refractivity contribution in [2.45, 2.75) is 46.0 Å². The first-order valence-electron chi connectivity index (χ1n) is 6.94. The van der Waals surface area contributed by atoms with Gasteiger partial charge in [0.05, 0.1) is 5.92 Å². The lowest BCUT2D eigenvalue weighted by molar-refractivity contribution is -0.160. The van der Waals surface area contributed by atoms with E-state index in [0.717, 1.165) is 0 Å². The van der Waals surface area contributed by atoms with E-state index in [-0.39, 0.29) is 11.9 Å². The third kappa shape index (κ3) is 7.10. The minimum Gasteiger partial charge on any atom is -0.481 e. The number of amides is 2. The van der Waals surface area contributed by atoms with Crippen molar-refractivity contribution in [2.75, 3.05) is 0 Å². The van der Waals surface area contributed by atoms with Crippen molar-refractivity contribution in [1.29, 1.82) is 0 Å². The van der Waals surface area contributed by atoms with Gasteiger partial charge in [-0.3, -0.25) is 19.2 Å². The van der Waals surface area contributed by atoms with Gasteiger partial charge >= 0.3 is 11.9 Å². The summed E-state index contributed by atoms with van der Waals surface area (Å²) in [6.45, 7) is 6.97. The molecule has 0 aromatic carbocycles. The molecular weight excluding hydrogens is 291 g/mol. The average Bonchev–Trinajstić information content (AvgIpc) is 2.32. The van der Waals surface area contributed by atoms with Crippen LogP contribution < -0.4 is 10.5 Å². The predicted octanol–water partition coefficient (Wildman–Crippen LogP) is -0.134. The fraction of sp³-hybridized carbons (Fsp3) is 0.692. The molecule has 4 N–H and O–H groups in total. The molecule has 22 heavy (non-hydrogen) atoms. The van der Waals surface area contributed by atoms with Crippen LogP contribution in [0.5, 0.6) is 0 Å². The molecule has 1 atom stereocenters. The van der Waals surface area contributed by atoms with E-state index in [1.807, 2.05) is 0 Å². The molecule has 0 rings (SSSR count). The Kier molecular flexibility index (Phi) is 8.22. The highest BCUT2D eigenvalue weighted by molar-refractivity contribution is 6.39. The summed E-state index contributed by atoms with van der Waals surface area (Å²) < 4.78 is 0. The largest absolute Gasteiger partial charge is 0.481 e. The van der Waals surface area contributed by atoms with Crippen molar-refractivity contribution in [1.82, 2.24) is 10.5 Å². The SMILES string of the molecule is CC(C)[B]NC(=O)C(CC(=O)NC(C)C)C(C(=O)O)C(=O)O. The first-order chi connectivity index (χ1) is 10.1. The number of hydrogen-bond donors (Lipinski definition) is 4. The normalized spacial score (nSPS) is 12.1. The van der Waals surface area contributed by atoms with Gasteiger partial charge in [0.15, 0.2) is 5.92 Å². The number of hydrogen-bond acceptors (Lipinski definition) is 4. The van der Waals surface area contributed by atoms with E-state index >= 15 is 0 Å². The standard InChI is InChI=1S/C13H22BN2O6/c1-6(2)14-16-11(18)8(5-9(17)15-7(3)4)10(12(19)20)13(21)22/h6-8,10H,5H2,1-4H3,(H,15,17)(H,16,18)(H,19,20)(H,21,22). The van der Waals surface area contributed by atoms with E-state index in [9.17, 15) is 19.2 Å². The van der Waals surface area contributed by atoms with Crippen molar-refractivity contribution >= 4 is 31.2 Å². The highest BCUT2D eigenvalue weighted by Gasteiger charge is 2.40. The molecule has 9 heteroatoms. The Balaban J connectivity index is 5.19. The maximum Gasteiger partial charge on any atom is 0.318 e. The summed E-state index contributed by atoms with van der Waals surface area (Å²) in [4.78, 5) is 46.1. The van der Waals surface area contributed by atoms with Crippen LogP contribution >= 0.6 is 0 Å². The summed E-state index contributed by atoms with van der Waals surface area (Å²) in [5.41, 5.74) is 0. The third-order valence-corrected chi connectivity index (χ3v) is 2.69. The van der Waals surface area contributed by atoms with E-state index < -0.39 is 42.0 Å². The topological polar surface area (TPSA) is 133 Å². The van der Waals surface area contributed by atoms with E-state index in [0.29, 0.717) is 0 Å². The van der Waals surface area contributed by atoms with Crippen molar-refractivity contribution in [3.05, 3.63) is 0 Å². The van der Waals surface area contributed by atoms with Crippen LogP contribution in [0.2, 0.25) is 5.82 Å². The second-order valence-electron chi connectivity index (χ2n) is 5.61. The number of carboxylic acids is 2. The molecule has 0 saturated heterocycles. The molecule has 0 spiro atoms. The molecule has 0 aromatic heterocycles. The fourth-order valence-electron chi connectivity index (χ4n) is 1.75.